The lowest BCUT2D eigenvalue weighted by Crippen LogP contribution is -2.40. The number of anilines is 1. The molecule has 1 heterocycles. The Balaban J connectivity index is 1.95. The summed E-state index contributed by atoms with van der Waals surface area (Å²) in [6, 6.07) is 6.03. The molecule has 3 N–H and O–H groups in total. The zero-order valence-electron chi connectivity index (χ0n) is 12.6. The van der Waals surface area contributed by atoms with E-state index >= 15 is 0 Å². The number of carbonyl (C=O) groups is 2. The Bertz CT molecular complexity index is 512. The number of rotatable bonds is 5. The van der Waals surface area contributed by atoms with Crippen molar-refractivity contribution in [3.05, 3.63) is 29.8 Å². The fraction of sp³-hybridized carbons (Fsp3) is 0.467. The fourth-order valence-corrected chi connectivity index (χ4v) is 2.14. The lowest BCUT2D eigenvalue weighted by atomic mass is 10.1. The van der Waals surface area contributed by atoms with Gasteiger partial charge in [-0.3, -0.25) is 9.59 Å². The van der Waals surface area contributed by atoms with Crippen LogP contribution in [0.2, 0.25) is 0 Å². The second kappa shape index (κ2) is 7.88. The SMILES string of the molecule is COCC(N)C(=O)Nc1ccc(C(=O)N2CCOCC2)cc1. The molecule has 0 aromatic heterocycles. The Morgan fingerprint density at radius 1 is 1.32 bits per heavy atom. The molecule has 1 aromatic rings. The van der Waals surface area contributed by atoms with E-state index in [1.54, 1.807) is 29.2 Å². The number of morpholine rings is 1. The molecule has 1 saturated heterocycles. The monoisotopic (exact) mass is 307 g/mol. The molecular formula is C15H21N3O4. The van der Waals surface area contributed by atoms with Crippen LogP contribution in [0.15, 0.2) is 24.3 Å². The summed E-state index contributed by atoms with van der Waals surface area (Å²) in [4.78, 5) is 25.8. The minimum absolute atomic E-state index is 0.0303. The maximum absolute atomic E-state index is 12.3. The van der Waals surface area contributed by atoms with E-state index in [9.17, 15) is 9.59 Å². The maximum Gasteiger partial charge on any atom is 0.254 e. The lowest BCUT2D eigenvalue weighted by molar-refractivity contribution is -0.118. The molecule has 7 nitrogen and oxygen atoms in total. The van der Waals surface area contributed by atoms with Gasteiger partial charge in [0.15, 0.2) is 0 Å². The van der Waals surface area contributed by atoms with Gasteiger partial charge in [0.1, 0.15) is 6.04 Å². The summed E-state index contributed by atoms with van der Waals surface area (Å²) in [6.45, 7) is 2.49. The molecule has 1 fully saturated rings. The third kappa shape index (κ3) is 4.27. The molecule has 1 aliphatic rings. The van der Waals surface area contributed by atoms with Gasteiger partial charge in [-0.2, -0.15) is 0 Å². The van der Waals surface area contributed by atoms with Gasteiger partial charge in [0.05, 0.1) is 19.8 Å². The van der Waals surface area contributed by atoms with Gasteiger partial charge >= 0.3 is 0 Å². The number of nitrogens with two attached hydrogens (primary N) is 1. The summed E-state index contributed by atoms with van der Waals surface area (Å²) in [5.74, 6) is -0.355. The molecule has 0 radical (unpaired) electrons. The van der Waals surface area contributed by atoms with Crippen LogP contribution in [0.3, 0.4) is 0 Å². The molecule has 1 aliphatic heterocycles. The highest BCUT2D eigenvalue weighted by atomic mass is 16.5. The highest BCUT2D eigenvalue weighted by Gasteiger charge is 2.18. The summed E-state index contributed by atoms with van der Waals surface area (Å²) >= 11 is 0. The molecule has 1 aromatic carbocycles. The van der Waals surface area contributed by atoms with Crippen LogP contribution >= 0.6 is 0 Å². The fourth-order valence-electron chi connectivity index (χ4n) is 2.14. The second-order valence-corrected chi connectivity index (χ2v) is 5.03. The number of amides is 2. The predicted octanol–water partition coefficient (Wildman–Crippen LogP) is 0.0712. The highest BCUT2D eigenvalue weighted by Crippen LogP contribution is 2.13. The van der Waals surface area contributed by atoms with Crippen LogP contribution in [0.4, 0.5) is 5.69 Å². The first-order chi connectivity index (χ1) is 10.6. The van der Waals surface area contributed by atoms with Crippen molar-refractivity contribution < 1.29 is 19.1 Å². The Morgan fingerprint density at radius 2 is 1.95 bits per heavy atom. The van der Waals surface area contributed by atoms with Crippen molar-refractivity contribution in [1.29, 1.82) is 0 Å². The maximum atomic E-state index is 12.3. The molecule has 0 saturated carbocycles. The van der Waals surface area contributed by atoms with Crippen molar-refractivity contribution in [1.82, 2.24) is 4.90 Å². The number of nitrogens with one attached hydrogen (secondary N) is 1. The van der Waals surface area contributed by atoms with Crippen LogP contribution < -0.4 is 11.1 Å². The van der Waals surface area contributed by atoms with E-state index in [0.29, 0.717) is 37.6 Å². The predicted molar refractivity (Wildman–Crippen MR) is 81.6 cm³/mol. The number of hydrogen-bond acceptors (Lipinski definition) is 5. The Kier molecular flexibility index (Phi) is 5.88. The van der Waals surface area contributed by atoms with Gasteiger partial charge in [0.25, 0.3) is 5.91 Å². The van der Waals surface area contributed by atoms with Crippen LogP contribution in [0.25, 0.3) is 0 Å². The average molecular weight is 307 g/mol. The minimum Gasteiger partial charge on any atom is -0.383 e. The summed E-state index contributed by atoms with van der Waals surface area (Å²) in [7, 11) is 1.49. The molecule has 2 rings (SSSR count). The molecule has 0 spiro atoms. The minimum atomic E-state index is -0.723. The number of nitrogens with zero attached hydrogens (tertiary/aromatic N) is 1. The average Bonchev–Trinajstić information content (AvgIpc) is 2.56. The highest BCUT2D eigenvalue weighted by molar-refractivity contribution is 5.97. The molecule has 120 valence electrons. The molecule has 0 bridgehead atoms. The lowest BCUT2D eigenvalue weighted by Gasteiger charge is -2.26. The molecule has 1 atom stereocenters. The van der Waals surface area contributed by atoms with Gasteiger partial charge in [-0.15, -0.1) is 0 Å². The number of hydrogen-bond donors (Lipinski definition) is 2. The number of carbonyl (C=O) groups excluding carboxylic acids is 2. The molecule has 1 unspecified atom stereocenters. The number of ether oxygens (including phenoxy) is 2. The number of benzene rings is 1. The second-order valence-electron chi connectivity index (χ2n) is 5.03. The van der Waals surface area contributed by atoms with Gasteiger partial charge in [-0.25, -0.2) is 0 Å². The van der Waals surface area contributed by atoms with Gasteiger partial charge in [0.2, 0.25) is 5.91 Å². The first-order valence-corrected chi connectivity index (χ1v) is 7.14. The molecule has 2 amide bonds. The third-order valence-corrected chi connectivity index (χ3v) is 3.38. The largest absolute Gasteiger partial charge is 0.383 e. The van der Waals surface area contributed by atoms with E-state index in [1.165, 1.54) is 7.11 Å². The van der Waals surface area contributed by atoms with Crippen molar-refractivity contribution in [2.24, 2.45) is 5.73 Å². The Labute approximate surface area is 129 Å². The zero-order chi connectivity index (χ0) is 15.9. The first-order valence-electron chi connectivity index (χ1n) is 7.14. The quantitative estimate of drug-likeness (QED) is 0.803. The zero-order valence-corrected chi connectivity index (χ0v) is 12.6. The van der Waals surface area contributed by atoms with Crippen molar-refractivity contribution in [2.45, 2.75) is 6.04 Å². The Hall–Kier alpha value is -1.96. The van der Waals surface area contributed by atoms with Crippen molar-refractivity contribution in [3.63, 3.8) is 0 Å². The van der Waals surface area contributed by atoms with Gasteiger partial charge in [-0.05, 0) is 24.3 Å². The smallest absolute Gasteiger partial charge is 0.254 e. The summed E-state index contributed by atoms with van der Waals surface area (Å²) in [6.07, 6.45) is 0. The summed E-state index contributed by atoms with van der Waals surface area (Å²) in [5.41, 5.74) is 6.82. The van der Waals surface area contributed by atoms with E-state index in [-0.39, 0.29) is 18.4 Å². The molecule has 0 aliphatic carbocycles. The standard InChI is InChI=1S/C15H21N3O4/c1-21-10-13(16)14(19)17-12-4-2-11(3-5-12)15(20)18-6-8-22-9-7-18/h2-5,13H,6-10,16H2,1H3,(H,17,19). The molecular weight excluding hydrogens is 286 g/mol. The summed E-state index contributed by atoms with van der Waals surface area (Å²) < 4.78 is 10.1. The van der Waals surface area contributed by atoms with Crippen molar-refractivity contribution in [2.75, 3.05) is 45.3 Å². The van der Waals surface area contributed by atoms with Gasteiger partial charge < -0.3 is 25.4 Å². The van der Waals surface area contributed by atoms with E-state index < -0.39 is 6.04 Å². The van der Waals surface area contributed by atoms with Crippen molar-refractivity contribution >= 4 is 17.5 Å². The van der Waals surface area contributed by atoms with Crippen LogP contribution in [-0.4, -0.2) is 62.8 Å². The Morgan fingerprint density at radius 3 is 2.55 bits per heavy atom. The molecule has 22 heavy (non-hydrogen) atoms. The van der Waals surface area contributed by atoms with Crippen LogP contribution in [0.5, 0.6) is 0 Å². The van der Waals surface area contributed by atoms with E-state index in [2.05, 4.69) is 5.32 Å². The number of methoxy groups -OCH3 is 1. The topological polar surface area (TPSA) is 93.9 Å². The third-order valence-electron chi connectivity index (χ3n) is 3.38. The van der Waals surface area contributed by atoms with E-state index in [0.717, 1.165) is 0 Å². The molecule has 7 heteroatoms. The van der Waals surface area contributed by atoms with Crippen LogP contribution in [0, 0.1) is 0 Å². The summed E-state index contributed by atoms with van der Waals surface area (Å²) in [5, 5.41) is 2.68. The normalized spacial score (nSPS) is 16.2. The van der Waals surface area contributed by atoms with E-state index in [4.69, 9.17) is 15.2 Å². The van der Waals surface area contributed by atoms with Crippen LogP contribution in [-0.2, 0) is 14.3 Å². The van der Waals surface area contributed by atoms with Crippen molar-refractivity contribution in [3.8, 4) is 0 Å². The van der Waals surface area contributed by atoms with E-state index in [1.807, 2.05) is 0 Å². The van der Waals surface area contributed by atoms with Gasteiger partial charge in [0, 0.05) is 31.5 Å². The van der Waals surface area contributed by atoms with Crippen LogP contribution in [0.1, 0.15) is 10.4 Å². The first kappa shape index (κ1) is 16.4. The van der Waals surface area contributed by atoms with Gasteiger partial charge in [-0.1, -0.05) is 0 Å².